The minimum absolute atomic E-state index is 0.000336. The summed E-state index contributed by atoms with van der Waals surface area (Å²) in [7, 11) is 0. The zero-order valence-electron chi connectivity index (χ0n) is 11.6. The van der Waals surface area contributed by atoms with Crippen molar-refractivity contribution in [1.29, 1.82) is 0 Å². The maximum atomic E-state index is 11.8. The summed E-state index contributed by atoms with van der Waals surface area (Å²) >= 11 is 0. The van der Waals surface area contributed by atoms with Crippen molar-refractivity contribution < 1.29 is 9.59 Å². The minimum Gasteiger partial charge on any atom is -0.354 e. The van der Waals surface area contributed by atoms with Crippen LogP contribution in [-0.2, 0) is 9.59 Å². The molecule has 0 bridgehead atoms. The molecule has 0 aliphatic heterocycles. The molecule has 0 heterocycles. The summed E-state index contributed by atoms with van der Waals surface area (Å²) in [5.41, 5.74) is 5.38. The van der Waals surface area contributed by atoms with Crippen molar-refractivity contribution in [3.63, 3.8) is 0 Å². The number of hydrogen-bond donors (Lipinski definition) is 3. The fourth-order valence-corrected chi connectivity index (χ4v) is 2.03. The van der Waals surface area contributed by atoms with Crippen molar-refractivity contribution in [1.82, 2.24) is 10.6 Å². The van der Waals surface area contributed by atoms with Gasteiger partial charge in [0.2, 0.25) is 11.8 Å². The normalized spacial score (nSPS) is 23.8. The Morgan fingerprint density at radius 1 is 1.17 bits per heavy atom. The van der Waals surface area contributed by atoms with Crippen molar-refractivity contribution in [2.24, 2.45) is 17.1 Å². The summed E-state index contributed by atoms with van der Waals surface area (Å²) in [6.07, 6.45) is 2.58. The average molecular weight is 255 g/mol. The number of hydrogen-bond acceptors (Lipinski definition) is 3. The van der Waals surface area contributed by atoms with Crippen molar-refractivity contribution >= 4 is 11.8 Å². The van der Waals surface area contributed by atoms with Gasteiger partial charge in [-0.2, -0.15) is 0 Å². The maximum absolute atomic E-state index is 11.8. The summed E-state index contributed by atoms with van der Waals surface area (Å²) in [5, 5.41) is 5.64. The molecule has 104 valence electrons. The largest absolute Gasteiger partial charge is 0.354 e. The highest BCUT2D eigenvalue weighted by Crippen LogP contribution is 2.23. The smallest absolute Gasteiger partial charge is 0.225 e. The maximum Gasteiger partial charge on any atom is 0.225 e. The van der Waals surface area contributed by atoms with E-state index in [2.05, 4.69) is 10.6 Å². The van der Waals surface area contributed by atoms with Crippen molar-refractivity contribution in [2.45, 2.75) is 46.1 Å². The van der Waals surface area contributed by atoms with Crippen LogP contribution in [0.3, 0.4) is 0 Å². The van der Waals surface area contributed by atoms with E-state index in [1.165, 1.54) is 0 Å². The molecule has 0 radical (unpaired) electrons. The SMILES string of the molecule is CC(C)(C)C(=O)NCCNC(=O)C1CCC(N)C1. The fourth-order valence-electron chi connectivity index (χ4n) is 2.03. The first-order chi connectivity index (χ1) is 8.30. The van der Waals surface area contributed by atoms with Crippen LogP contribution < -0.4 is 16.4 Å². The Hall–Kier alpha value is -1.10. The van der Waals surface area contributed by atoms with Crippen LogP contribution in [0.15, 0.2) is 0 Å². The molecule has 0 aromatic rings. The lowest BCUT2D eigenvalue weighted by molar-refractivity contribution is -0.129. The zero-order valence-corrected chi connectivity index (χ0v) is 11.6. The summed E-state index contributed by atoms with van der Waals surface area (Å²) in [6, 6.07) is 0.168. The zero-order chi connectivity index (χ0) is 13.8. The topological polar surface area (TPSA) is 84.2 Å². The van der Waals surface area contributed by atoms with Gasteiger partial charge in [-0.1, -0.05) is 20.8 Å². The first kappa shape index (κ1) is 15.0. The molecule has 2 atom stereocenters. The molecule has 18 heavy (non-hydrogen) atoms. The quantitative estimate of drug-likeness (QED) is 0.635. The first-order valence-corrected chi connectivity index (χ1v) is 6.62. The van der Waals surface area contributed by atoms with Crippen LogP contribution in [0.4, 0.5) is 0 Å². The average Bonchev–Trinajstić information content (AvgIpc) is 2.69. The molecule has 2 unspecified atom stereocenters. The molecular weight excluding hydrogens is 230 g/mol. The van der Waals surface area contributed by atoms with E-state index in [4.69, 9.17) is 5.73 Å². The van der Waals surface area contributed by atoms with Crippen LogP contribution in [0.1, 0.15) is 40.0 Å². The van der Waals surface area contributed by atoms with Gasteiger partial charge in [0, 0.05) is 30.5 Å². The summed E-state index contributed by atoms with van der Waals surface area (Å²) in [5.74, 6) is 0.117. The number of carbonyl (C=O) groups is 2. The van der Waals surface area contributed by atoms with Gasteiger partial charge in [-0.15, -0.1) is 0 Å². The molecule has 2 amide bonds. The van der Waals surface area contributed by atoms with Gasteiger partial charge < -0.3 is 16.4 Å². The molecule has 1 fully saturated rings. The molecule has 1 rings (SSSR count). The van der Waals surface area contributed by atoms with Gasteiger partial charge in [-0.25, -0.2) is 0 Å². The van der Waals surface area contributed by atoms with Crippen molar-refractivity contribution in [2.75, 3.05) is 13.1 Å². The third-order valence-electron chi connectivity index (χ3n) is 3.23. The molecule has 0 aromatic carbocycles. The number of amides is 2. The third kappa shape index (κ3) is 4.64. The molecule has 0 saturated heterocycles. The molecule has 5 nitrogen and oxygen atoms in total. The van der Waals surface area contributed by atoms with Gasteiger partial charge in [0.25, 0.3) is 0 Å². The highest BCUT2D eigenvalue weighted by Gasteiger charge is 2.27. The Kier molecular flexibility index (Phi) is 5.14. The second-order valence-corrected chi connectivity index (χ2v) is 6.07. The van der Waals surface area contributed by atoms with E-state index in [1.54, 1.807) is 0 Å². The van der Waals surface area contributed by atoms with E-state index in [0.29, 0.717) is 13.1 Å². The molecule has 1 saturated carbocycles. The van der Waals surface area contributed by atoms with Gasteiger partial charge in [0.1, 0.15) is 0 Å². The van der Waals surface area contributed by atoms with Gasteiger partial charge in [-0.3, -0.25) is 9.59 Å². The van der Waals surface area contributed by atoms with Crippen molar-refractivity contribution in [3.8, 4) is 0 Å². The monoisotopic (exact) mass is 255 g/mol. The summed E-state index contributed by atoms with van der Waals surface area (Å²) in [4.78, 5) is 23.3. The molecule has 1 aliphatic carbocycles. The lowest BCUT2D eigenvalue weighted by atomic mass is 9.96. The number of rotatable bonds is 4. The first-order valence-electron chi connectivity index (χ1n) is 6.62. The van der Waals surface area contributed by atoms with E-state index in [-0.39, 0.29) is 29.2 Å². The lowest BCUT2D eigenvalue weighted by Gasteiger charge is -2.18. The van der Waals surface area contributed by atoms with E-state index < -0.39 is 0 Å². The predicted molar refractivity (Wildman–Crippen MR) is 70.8 cm³/mol. The Morgan fingerprint density at radius 3 is 2.28 bits per heavy atom. The van der Waals surface area contributed by atoms with Gasteiger partial charge in [0.15, 0.2) is 0 Å². The van der Waals surface area contributed by atoms with Crippen LogP contribution in [0.2, 0.25) is 0 Å². The fraction of sp³-hybridized carbons (Fsp3) is 0.846. The van der Waals surface area contributed by atoms with Crippen LogP contribution in [0, 0.1) is 11.3 Å². The second-order valence-electron chi connectivity index (χ2n) is 6.07. The number of nitrogens with one attached hydrogen (secondary N) is 2. The Morgan fingerprint density at radius 2 is 1.78 bits per heavy atom. The molecule has 0 aromatic heterocycles. The number of nitrogens with two attached hydrogens (primary N) is 1. The standard InChI is InChI=1S/C13H25N3O2/c1-13(2,3)12(18)16-7-6-15-11(17)9-4-5-10(14)8-9/h9-10H,4-8,14H2,1-3H3,(H,15,17)(H,16,18). The van der Waals surface area contributed by atoms with Crippen LogP contribution in [0.25, 0.3) is 0 Å². The Labute approximate surface area is 109 Å². The molecule has 0 spiro atoms. The Balaban J connectivity index is 2.15. The summed E-state index contributed by atoms with van der Waals surface area (Å²) < 4.78 is 0. The van der Waals surface area contributed by atoms with Gasteiger partial charge in [0.05, 0.1) is 0 Å². The van der Waals surface area contributed by atoms with Gasteiger partial charge in [-0.05, 0) is 19.3 Å². The minimum atomic E-state index is -0.387. The molecule has 5 heteroatoms. The predicted octanol–water partition coefficient (Wildman–Crippen LogP) is 0.392. The molecule has 1 aliphatic rings. The van der Waals surface area contributed by atoms with Crippen LogP contribution >= 0.6 is 0 Å². The van der Waals surface area contributed by atoms with E-state index >= 15 is 0 Å². The van der Waals surface area contributed by atoms with Crippen LogP contribution in [0.5, 0.6) is 0 Å². The van der Waals surface area contributed by atoms with E-state index in [1.807, 2.05) is 20.8 Å². The highest BCUT2D eigenvalue weighted by atomic mass is 16.2. The van der Waals surface area contributed by atoms with Crippen LogP contribution in [-0.4, -0.2) is 30.9 Å². The highest BCUT2D eigenvalue weighted by molar-refractivity contribution is 5.81. The molecule has 4 N–H and O–H groups in total. The number of carbonyl (C=O) groups excluding carboxylic acids is 2. The van der Waals surface area contributed by atoms with Gasteiger partial charge >= 0.3 is 0 Å². The second kappa shape index (κ2) is 6.18. The Bertz CT molecular complexity index is 310. The summed E-state index contributed by atoms with van der Waals surface area (Å²) in [6.45, 7) is 6.54. The van der Waals surface area contributed by atoms with E-state index in [0.717, 1.165) is 19.3 Å². The lowest BCUT2D eigenvalue weighted by Crippen LogP contribution is -2.41. The molecular formula is C13H25N3O2. The van der Waals surface area contributed by atoms with E-state index in [9.17, 15) is 9.59 Å². The third-order valence-corrected chi connectivity index (χ3v) is 3.23. The van der Waals surface area contributed by atoms with Crippen molar-refractivity contribution in [3.05, 3.63) is 0 Å².